The van der Waals surface area contributed by atoms with Gasteiger partial charge in [-0.05, 0) is 13.8 Å². The molecule has 13 heavy (non-hydrogen) atoms. The summed E-state index contributed by atoms with van der Waals surface area (Å²) < 4.78 is 0. The highest BCUT2D eigenvalue weighted by atomic mass is 16.2. The fourth-order valence-corrected chi connectivity index (χ4v) is 1.39. The maximum atomic E-state index is 11.4. The number of rotatable bonds is 5. The van der Waals surface area contributed by atoms with Crippen molar-refractivity contribution in [3.05, 3.63) is 0 Å². The second kappa shape index (κ2) is 3.79. The number of Topliss-reactive ketones (excluding diaryl/α,β-unsaturated/α-hetero) is 3. The first-order valence-corrected chi connectivity index (χ1v) is 4.28. The summed E-state index contributed by atoms with van der Waals surface area (Å²) in [6.45, 7) is 3.45. The fraction of sp³-hybridized carbons (Fsp3) is 0.667. The molecule has 0 spiro atoms. The van der Waals surface area contributed by atoms with Crippen molar-refractivity contribution in [1.82, 2.24) is 5.32 Å². The number of ketones is 3. The summed E-state index contributed by atoms with van der Waals surface area (Å²) in [7, 11) is 0. The molecule has 0 saturated carbocycles. The third-order valence-electron chi connectivity index (χ3n) is 2.05. The van der Waals surface area contributed by atoms with E-state index in [1.807, 2.05) is 0 Å². The predicted molar refractivity (Wildman–Crippen MR) is 46.3 cm³/mol. The maximum absolute atomic E-state index is 11.4. The van der Waals surface area contributed by atoms with Crippen LogP contribution in [0.25, 0.3) is 0 Å². The molecule has 1 fully saturated rings. The molecule has 1 heterocycles. The van der Waals surface area contributed by atoms with Crippen LogP contribution in [0.4, 0.5) is 0 Å². The zero-order chi connectivity index (χ0) is 10.0. The molecule has 4 heteroatoms. The average Bonchev–Trinajstić information content (AvgIpc) is 2.68. The van der Waals surface area contributed by atoms with Gasteiger partial charge in [0.05, 0.1) is 12.3 Å². The molecule has 72 valence electrons. The third kappa shape index (κ3) is 2.73. The highest BCUT2D eigenvalue weighted by molar-refractivity contribution is 6.09. The van der Waals surface area contributed by atoms with E-state index < -0.39 is 5.92 Å². The molecule has 1 N–H and O–H groups in total. The lowest BCUT2D eigenvalue weighted by molar-refractivity contribution is -0.133. The minimum atomic E-state index is -0.608. The topological polar surface area (TPSA) is 73.2 Å². The fourth-order valence-electron chi connectivity index (χ4n) is 1.39. The van der Waals surface area contributed by atoms with Crippen LogP contribution in [0.2, 0.25) is 0 Å². The molecular weight excluding hydrogens is 170 g/mol. The lowest BCUT2D eigenvalue weighted by atomic mass is 9.93. The van der Waals surface area contributed by atoms with Crippen LogP contribution >= 0.6 is 0 Å². The van der Waals surface area contributed by atoms with Gasteiger partial charge in [-0.15, -0.1) is 0 Å². The Bertz CT molecular complexity index is 256. The Morgan fingerprint density at radius 2 is 1.92 bits per heavy atom. The molecule has 1 aliphatic heterocycles. The zero-order valence-corrected chi connectivity index (χ0v) is 7.79. The summed E-state index contributed by atoms with van der Waals surface area (Å²) in [5.41, 5.74) is 0. The van der Waals surface area contributed by atoms with Crippen molar-refractivity contribution in [2.24, 2.45) is 5.92 Å². The number of carbonyl (C=O) groups excluding carboxylic acids is 3. The van der Waals surface area contributed by atoms with Crippen molar-refractivity contribution in [2.75, 3.05) is 6.54 Å². The third-order valence-corrected chi connectivity index (χ3v) is 2.05. The number of nitrogens with one attached hydrogen (secondary N) is 1. The summed E-state index contributed by atoms with van der Waals surface area (Å²) in [5.74, 6) is -1.20. The summed E-state index contributed by atoms with van der Waals surface area (Å²) in [5, 5.41) is 2.92. The van der Waals surface area contributed by atoms with Gasteiger partial charge in [-0.25, -0.2) is 0 Å². The van der Waals surface area contributed by atoms with E-state index in [9.17, 15) is 14.4 Å². The standard InChI is InChI=1S/C9H13NO3/c1-5(11)3-8(13)9(6(2)12)7-4-10-7/h7,9-10H,3-4H2,1-2H3. The smallest absolute Gasteiger partial charge is 0.152 e. The highest BCUT2D eigenvalue weighted by Crippen LogP contribution is 2.16. The first kappa shape index (κ1) is 10.1. The average molecular weight is 183 g/mol. The van der Waals surface area contributed by atoms with Gasteiger partial charge in [0.1, 0.15) is 11.6 Å². The monoisotopic (exact) mass is 183 g/mol. The molecular formula is C9H13NO3. The molecule has 1 saturated heterocycles. The van der Waals surface area contributed by atoms with Crippen molar-refractivity contribution in [1.29, 1.82) is 0 Å². The van der Waals surface area contributed by atoms with E-state index in [-0.39, 0.29) is 29.8 Å². The van der Waals surface area contributed by atoms with Gasteiger partial charge in [0.2, 0.25) is 0 Å². The molecule has 2 unspecified atom stereocenters. The van der Waals surface area contributed by atoms with E-state index in [1.165, 1.54) is 13.8 Å². The van der Waals surface area contributed by atoms with Crippen LogP contribution in [0.15, 0.2) is 0 Å². The minimum Gasteiger partial charge on any atom is -0.310 e. The van der Waals surface area contributed by atoms with Crippen LogP contribution in [0.3, 0.4) is 0 Å². The van der Waals surface area contributed by atoms with Crippen molar-refractivity contribution in [3.63, 3.8) is 0 Å². The van der Waals surface area contributed by atoms with E-state index >= 15 is 0 Å². The van der Waals surface area contributed by atoms with E-state index in [0.29, 0.717) is 6.54 Å². The number of carbonyl (C=O) groups is 3. The van der Waals surface area contributed by atoms with E-state index in [1.54, 1.807) is 0 Å². The Labute approximate surface area is 76.7 Å². The zero-order valence-electron chi connectivity index (χ0n) is 7.79. The Morgan fingerprint density at radius 3 is 2.23 bits per heavy atom. The molecule has 4 nitrogen and oxygen atoms in total. The molecule has 0 aromatic heterocycles. The van der Waals surface area contributed by atoms with Gasteiger partial charge >= 0.3 is 0 Å². The summed E-state index contributed by atoms with van der Waals surface area (Å²) >= 11 is 0. The first-order chi connectivity index (χ1) is 6.02. The molecule has 1 aliphatic rings. The Balaban J connectivity index is 2.58. The molecule has 0 radical (unpaired) electrons. The molecule has 1 rings (SSSR count). The summed E-state index contributed by atoms with van der Waals surface area (Å²) in [4.78, 5) is 33.1. The second-order valence-electron chi connectivity index (χ2n) is 3.45. The first-order valence-electron chi connectivity index (χ1n) is 4.28. The van der Waals surface area contributed by atoms with Gasteiger partial charge in [0, 0.05) is 12.6 Å². The second-order valence-corrected chi connectivity index (χ2v) is 3.45. The Kier molecular flexibility index (Phi) is 2.93. The summed E-state index contributed by atoms with van der Waals surface area (Å²) in [6, 6.07) is -0.0238. The lowest BCUT2D eigenvalue weighted by Gasteiger charge is -2.08. The largest absolute Gasteiger partial charge is 0.310 e. The van der Waals surface area contributed by atoms with Gasteiger partial charge in [-0.2, -0.15) is 0 Å². The van der Waals surface area contributed by atoms with Crippen LogP contribution < -0.4 is 5.32 Å². The van der Waals surface area contributed by atoms with Gasteiger partial charge in [0.15, 0.2) is 5.78 Å². The molecule has 0 aliphatic carbocycles. The van der Waals surface area contributed by atoms with Crippen LogP contribution in [0.5, 0.6) is 0 Å². The van der Waals surface area contributed by atoms with Crippen molar-refractivity contribution in [2.45, 2.75) is 26.3 Å². The van der Waals surface area contributed by atoms with Gasteiger partial charge in [-0.3, -0.25) is 14.4 Å². The maximum Gasteiger partial charge on any atom is 0.152 e. The Morgan fingerprint density at radius 1 is 1.38 bits per heavy atom. The van der Waals surface area contributed by atoms with Crippen molar-refractivity contribution in [3.8, 4) is 0 Å². The number of hydrogen-bond donors (Lipinski definition) is 1. The van der Waals surface area contributed by atoms with Crippen molar-refractivity contribution >= 4 is 17.3 Å². The van der Waals surface area contributed by atoms with Gasteiger partial charge < -0.3 is 5.32 Å². The normalized spacial score (nSPS) is 22.2. The number of hydrogen-bond acceptors (Lipinski definition) is 4. The SMILES string of the molecule is CC(=O)CC(=O)C(C(C)=O)C1CN1. The van der Waals surface area contributed by atoms with Crippen LogP contribution in [0.1, 0.15) is 20.3 Å². The highest BCUT2D eigenvalue weighted by Gasteiger charge is 2.38. The predicted octanol–water partition coefficient (Wildman–Crippen LogP) is -0.288. The molecule has 2 atom stereocenters. The summed E-state index contributed by atoms with van der Waals surface area (Å²) in [6.07, 6.45) is -0.123. The molecule has 0 amide bonds. The van der Waals surface area contributed by atoms with E-state index in [2.05, 4.69) is 5.32 Å². The van der Waals surface area contributed by atoms with Crippen LogP contribution in [0, 0.1) is 5.92 Å². The van der Waals surface area contributed by atoms with E-state index in [4.69, 9.17) is 0 Å². The quantitative estimate of drug-likeness (QED) is 0.469. The van der Waals surface area contributed by atoms with Gasteiger partial charge in [-0.1, -0.05) is 0 Å². The molecule has 0 aromatic rings. The van der Waals surface area contributed by atoms with Crippen molar-refractivity contribution < 1.29 is 14.4 Å². The molecule has 0 bridgehead atoms. The Hall–Kier alpha value is -1.03. The lowest BCUT2D eigenvalue weighted by Crippen LogP contribution is -2.29. The van der Waals surface area contributed by atoms with Crippen LogP contribution in [-0.4, -0.2) is 29.9 Å². The van der Waals surface area contributed by atoms with E-state index in [0.717, 1.165) is 0 Å². The molecule has 0 aromatic carbocycles. The minimum absolute atomic E-state index is 0.0238. The van der Waals surface area contributed by atoms with Crippen LogP contribution in [-0.2, 0) is 14.4 Å². The van der Waals surface area contributed by atoms with Gasteiger partial charge in [0.25, 0.3) is 0 Å².